The summed E-state index contributed by atoms with van der Waals surface area (Å²) in [7, 11) is 2.00. The van der Waals surface area contributed by atoms with Gasteiger partial charge in [0.15, 0.2) is 0 Å². The average Bonchev–Trinajstić information content (AvgIpc) is 3.23. The molecule has 30 heavy (non-hydrogen) atoms. The molecule has 4 aromatic rings. The third kappa shape index (κ3) is 2.79. The Morgan fingerprint density at radius 2 is 1.43 bits per heavy atom. The minimum atomic E-state index is -0.407. The normalized spacial score (nSPS) is 15.2. The van der Waals surface area contributed by atoms with E-state index in [-0.39, 0.29) is 11.5 Å². The second kappa shape index (κ2) is 7.04. The highest BCUT2D eigenvalue weighted by Crippen LogP contribution is 2.35. The summed E-state index contributed by atoms with van der Waals surface area (Å²) in [4.78, 5) is 25.8. The predicted octanol–water partition coefficient (Wildman–Crippen LogP) is 4.31. The van der Waals surface area contributed by atoms with Crippen LogP contribution in [0, 0.1) is 0 Å². The fourth-order valence-electron chi connectivity index (χ4n) is 3.97. The predicted molar refractivity (Wildman–Crippen MR) is 118 cm³/mol. The molecule has 0 aliphatic carbocycles. The lowest BCUT2D eigenvalue weighted by molar-refractivity contribution is -0.117. The molecule has 1 fully saturated rings. The summed E-state index contributed by atoms with van der Waals surface area (Å²) in [6, 6.07) is 27.1. The molecule has 1 aliphatic heterocycles. The van der Waals surface area contributed by atoms with Gasteiger partial charge in [-0.2, -0.15) is 0 Å². The Labute approximate surface area is 173 Å². The Hall–Kier alpha value is -4.12. The summed E-state index contributed by atoms with van der Waals surface area (Å²) in [5.41, 5.74) is 7.29. The van der Waals surface area contributed by atoms with Gasteiger partial charge >= 0.3 is 0 Å². The zero-order valence-electron chi connectivity index (χ0n) is 16.4. The van der Waals surface area contributed by atoms with Crippen molar-refractivity contribution >= 4 is 34.5 Å². The van der Waals surface area contributed by atoms with Crippen molar-refractivity contribution in [3.05, 3.63) is 96.1 Å². The number of carbonyl (C=O) groups excluding carboxylic acids is 2. The average molecular weight is 393 g/mol. The first kappa shape index (κ1) is 17.9. The van der Waals surface area contributed by atoms with Gasteiger partial charge in [0.25, 0.3) is 11.8 Å². The van der Waals surface area contributed by atoms with Gasteiger partial charge in [0.1, 0.15) is 5.57 Å². The van der Waals surface area contributed by atoms with Gasteiger partial charge in [0.05, 0.1) is 11.4 Å². The molecule has 0 radical (unpaired) electrons. The number of hydrogen-bond acceptors (Lipinski definition) is 2. The van der Waals surface area contributed by atoms with Gasteiger partial charge in [-0.1, -0.05) is 66.7 Å². The second-order valence-electron chi connectivity index (χ2n) is 7.18. The Morgan fingerprint density at radius 3 is 2.17 bits per heavy atom. The fourth-order valence-corrected chi connectivity index (χ4v) is 3.97. The quantitative estimate of drug-likeness (QED) is 0.417. The van der Waals surface area contributed by atoms with Crippen molar-refractivity contribution in [1.82, 2.24) is 9.99 Å². The Balaban J connectivity index is 1.70. The van der Waals surface area contributed by atoms with Crippen molar-refractivity contribution in [3.63, 3.8) is 0 Å². The van der Waals surface area contributed by atoms with E-state index in [2.05, 4.69) is 9.99 Å². The van der Waals surface area contributed by atoms with Crippen molar-refractivity contribution in [2.24, 2.45) is 7.05 Å². The number of nitrogens with zero attached hydrogens (tertiary/aromatic N) is 2. The van der Waals surface area contributed by atoms with E-state index < -0.39 is 5.91 Å². The first-order valence-electron chi connectivity index (χ1n) is 9.70. The summed E-state index contributed by atoms with van der Waals surface area (Å²) in [6.45, 7) is 0. The lowest BCUT2D eigenvalue weighted by Gasteiger charge is -2.13. The molecular weight excluding hydrogens is 374 g/mol. The molecule has 2 amide bonds. The highest BCUT2D eigenvalue weighted by molar-refractivity contribution is 6.32. The fraction of sp³-hybridized carbons (Fsp3) is 0.0400. The van der Waals surface area contributed by atoms with Crippen LogP contribution in [-0.2, 0) is 16.6 Å². The van der Waals surface area contributed by atoms with E-state index in [0.29, 0.717) is 5.69 Å². The third-order valence-electron chi connectivity index (χ3n) is 5.39. The number of aromatic nitrogens is 1. The molecule has 5 nitrogen and oxygen atoms in total. The number of hydrogen-bond donors (Lipinski definition) is 1. The molecule has 0 saturated carbocycles. The van der Waals surface area contributed by atoms with Crippen LogP contribution in [0.4, 0.5) is 5.69 Å². The molecule has 1 aliphatic rings. The van der Waals surface area contributed by atoms with Crippen molar-refractivity contribution in [2.45, 2.75) is 0 Å². The number of anilines is 1. The second-order valence-corrected chi connectivity index (χ2v) is 7.18. The summed E-state index contributed by atoms with van der Waals surface area (Å²) in [5.74, 6) is -0.769. The maximum Gasteiger partial charge on any atom is 0.282 e. The largest absolute Gasteiger partial charge is 0.343 e. The standard InChI is InChI=1S/C25H19N3O2/c1-27-22-15-9-8-14-19(22)20(23(27)17-10-4-2-5-11-17)16-21-24(29)26-28(25(21)30)18-12-6-3-7-13-18/h2-16H,1H3,(H,26,29). The van der Waals surface area contributed by atoms with Crippen molar-refractivity contribution in [2.75, 3.05) is 5.01 Å². The number of para-hydroxylation sites is 2. The monoisotopic (exact) mass is 393 g/mol. The number of fused-ring (bicyclic) bond motifs is 1. The van der Waals surface area contributed by atoms with Crippen molar-refractivity contribution in [1.29, 1.82) is 0 Å². The highest BCUT2D eigenvalue weighted by atomic mass is 16.2. The summed E-state index contributed by atoms with van der Waals surface area (Å²) in [5, 5.41) is 2.28. The van der Waals surface area contributed by atoms with Gasteiger partial charge in [-0.05, 0) is 29.8 Å². The zero-order valence-corrected chi connectivity index (χ0v) is 16.4. The van der Waals surface area contributed by atoms with E-state index in [4.69, 9.17) is 0 Å². The third-order valence-corrected chi connectivity index (χ3v) is 5.39. The number of rotatable bonds is 3. The molecule has 5 heteroatoms. The van der Waals surface area contributed by atoms with Crippen LogP contribution >= 0.6 is 0 Å². The highest BCUT2D eigenvalue weighted by Gasteiger charge is 2.35. The van der Waals surface area contributed by atoms with Crippen molar-refractivity contribution in [3.8, 4) is 11.3 Å². The number of nitrogens with one attached hydrogen (secondary N) is 1. The van der Waals surface area contributed by atoms with Gasteiger partial charge in [-0.15, -0.1) is 0 Å². The Morgan fingerprint density at radius 1 is 0.800 bits per heavy atom. The number of benzene rings is 3. The Bertz CT molecular complexity index is 1300. The molecule has 5 rings (SSSR count). The number of hydrazine groups is 1. The van der Waals surface area contributed by atoms with Gasteiger partial charge in [0, 0.05) is 23.5 Å². The van der Waals surface area contributed by atoms with Crippen LogP contribution in [0.5, 0.6) is 0 Å². The van der Waals surface area contributed by atoms with E-state index in [1.165, 1.54) is 5.01 Å². The first-order valence-corrected chi connectivity index (χ1v) is 9.70. The summed E-state index contributed by atoms with van der Waals surface area (Å²) < 4.78 is 2.10. The van der Waals surface area contributed by atoms with Crippen molar-refractivity contribution < 1.29 is 9.59 Å². The van der Waals surface area contributed by atoms with E-state index in [1.807, 2.05) is 79.8 Å². The number of carbonyl (C=O) groups is 2. The van der Waals surface area contributed by atoms with Crippen LogP contribution < -0.4 is 10.4 Å². The lowest BCUT2D eigenvalue weighted by atomic mass is 10.0. The molecule has 3 aromatic carbocycles. The van der Waals surface area contributed by atoms with Crippen LogP contribution in [0.15, 0.2) is 90.5 Å². The van der Waals surface area contributed by atoms with E-state index in [9.17, 15) is 9.59 Å². The van der Waals surface area contributed by atoms with Gasteiger partial charge < -0.3 is 4.57 Å². The molecular formula is C25H19N3O2. The summed E-state index contributed by atoms with van der Waals surface area (Å²) >= 11 is 0. The number of aryl methyl sites for hydroxylation is 1. The van der Waals surface area contributed by atoms with Crippen LogP contribution in [0.2, 0.25) is 0 Å². The van der Waals surface area contributed by atoms with Crippen LogP contribution in [0.1, 0.15) is 5.56 Å². The summed E-state index contributed by atoms with van der Waals surface area (Å²) in [6.07, 6.45) is 1.71. The van der Waals surface area contributed by atoms with E-state index in [1.54, 1.807) is 18.2 Å². The molecule has 0 atom stereocenters. The van der Waals surface area contributed by atoms with Gasteiger partial charge in [-0.3, -0.25) is 15.0 Å². The van der Waals surface area contributed by atoms with E-state index >= 15 is 0 Å². The maximum absolute atomic E-state index is 13.1. The first-order chi connectivity index (χ1) is 14.6. The molecule has 0 spiro atoms. The molecule has 146 valence electrons. The lowest BCUT2D eigenvalue weighted by Crippen LogP contribution is -2.35. The van der Waals surface area contributed by atoms with Gasteiger partial charge in [-0.25, -0.2) is 5.01 Å². The molecule has 1 saturated heterocycles. The minimum Gasteiger partial charge on any atom is -0.343 e. The SMILES string of the molecule is Cn1c(-c2ccccc2)c(C=C2C(=O)NN(c3ccccc3)C2=O)c2ccccc21. The zero-order chi connectivity index (χ0) is 20.7. The van der Waals surface area contributed by atoms with Crippen LogP contribution in [0.3, 0.4) is 0 Å². The smallest absolute Gasteiger partial charge is 0.282 e. The topological polar surface area (TPSA) is 54.3 Å². The van der Waals surface area contributed by atoms with Crippen LogP contribution in [0.25, 0.3) is 28.2 Å². The Kier molecular flexibility index (Phi) is 4.21. The maximum atomic E-state index is 13.1. The van der Waals surface area contributed by atoms with Gasteiger partial charge in [0.2, 0.25) is 0 Å². The molecule has 0 bridgehead atoms. The van der Waals surface area contributed by atoms with E-state index in [0.717, 1.165) is 27.7 Å². The molecule has 1 aromatic heterocycles. The number of amides is 2. The van der Waals surface area contributed by atoms with Crippen LogP contribution in [-0.4, -0.2) is 16.4 Å². The molecule has 1 N–H and O–H groups in total. The minimum absolute atomic E-state index is 0.118. The molecule has 2 heterocycles. The molecule has 0 unspecified atom stereocenters.